The van der Waals surface area contributed by atoms with Gasteiger partial charge in [0.25, 0.3) is 5.91 Å². The maximum atomic E-state index is 12.9. The van der Waals surface area contributed by atoms with Crippen molar-refractivity contribution >= 4 is 23.2 Å². The van der Waals surface area contributed by atoms with E-state index in [4.69, 9.17) is 0 Å². The molecule has 28 heavy (non-hydrogen) atoms. The Morgan fingerprint density at radius 2 is 1.89 bits per heavy atom. The van der Waals surface area contributed by atoms with Crippen LogP contribution in [0.4, 0.5) is 0 Å². The Morgan fingerprint density at radius 3 is 2.64 bits per heavy atom. The number of likely N-dealkylation sites (tertiary alicyclic amines) is 1. The topological polar surface area (TPSA) is 62.3 Å². The van der Waals surface area contributed by atoms with Crippen molar-refractivity contribution < 1.29 is 9.59 Å². The van der Waals surface area contributed by atoms with Gasteiger partial charge in [-0.2, -0.15) is 0 Å². The molecule has 0 unspecified atom stereocenters. The van der Waals surface area contributed by atoms with E-state index in [9.17, 15) is 9.59 Å². The van der Waals surface area contributed by atoms with E-state index >= 15 is 0 Å². The average molecular weight is 398 g/mol. The fourth-order valence-electron chi connectivity index (χ4n) is 4.12. The molecule has 148 valence electrons. The third-order valence-corrected chi connectivity index (χ3v) is 7.00. The Labute approximate surface area is 170 Å². The van der Waals surface area contributed by atoms with Crippen molar-refractivity contribution in [3.05, 3.63) is 51.5 Å². The maximum Gasteiger partial charge on any atom is 0.263 e. The van der Waals surface area contributed by atoms with Gasteiger partial charge in [0.2, 0.25) is 5.91 Å². The lowest BCUT2D eigenvalue weighted by molar-refractivity contribution is -0.125. The van der Waals surface area contributed by atoms with E-state index < -0.39 is 0 Å². The molecule has 4 rings (SSSR count). The molecule has 0 aromatic carbocycles. The number of amides is 2. The molecular weight excluding hydrogens is 370 g/mol. The number of nitrogens with one attached hydrogen (secondary N) is 1. The van der Waals surface area contributed by atoms with E-state index in [-0.39, 0.29) is 17.7 Å². The molecule has 2 aromatic rings. The van der Waals surface area contributed by atoms with Crippen molar-refractivity contribution in [2.45, 2.75) is 51.5 Å². The molecule has 0 saturated carbocycles. The lowest BCUT2D eigenvalue weighted by atomic mass is 9.87. The van der Waals surface area contributed by atoms with Crippen LogP contribution in [0.25, 0.3) is 0 Å². The Kier molecular flexibility index (Phi) is 6.05. The lowest BCUT2D eigenvalue weighted by Crippen LogP contribution is -2.33. The van der Waals surface area contributed by atoms with Crippen molar-refractivity contribution in [3.63, 3.8) is 0 Å². The number of thiophene rings is 1. The molecule has 2 amide bonds. The van der Waals surface area contributed by atoms with Crippen molar-refractivity contribution in [1.82, 2.24) is 15.2 Å². The molecule has 1 aliphatic heterocycles. The number of fused-ring (bicyclic) bond motifs is 1. The summed E-state index contributed by atoms with van der Waals surface area (Å²) in [6, 6.07) is 5.88. The van der Waals surface area contributed by atoms with E-state index in [1.54, 1.807) is 23.7 Å². The second kappa shape index (κ2) is 8.86. The standard InChI is InChI=1S/C22H27N3O2S/c26-21(24-15-16-7-9-23-10-8-16)17-5-6-19-18(13-17)14-20(28-19)22(27)25-11-3-1-2-4-12-25/h7-10,14,17H,1-6,11-13,15H2,(H,24,26)/t17-/m1/s1. The van der Waals surface area contributed by atoms with E-state index in [1.165, 1.54) is 23.3 Å². The zero-order valence-electron chi connectivity index (χ0n) is 16.2. The summed E-state index contributed by atoms with van der Waals surface area (Å²) in [6.07, 6.45) is 10.6. The highest BCUT2D eigenvalue weighted by Crippen LogP contribution is 2.33. The first-order valence-corrected chi connectivity index (χ1v) is 11.1. The first kappa shape index (κ1) is 19.1. The number of pyridine rings is 1. The van der Waals surface area contributed by atoms with Crippen LogP contribution in [-0.4, -0.2) is 34.8 Å². The minimum absolute atomic E-state index is 0.00919. The fourth-order valence-corrected chi connectivity index (χ4v) is 5.29. The normalized spacial score (nSPS) is 19.6. The number of rotatable bonds is 4. The summed E-state index contributed by atoms with van der Waals surface area (Å²) in [5.41, 5.74) is 2.25. The van der Waals surface area contributed by atoms with E-state index in [1.807, 2.05) is 17.0 Å². The highest BCUT2D eigenvalue weighted by Gasteiger charge is 2.28. The van der Waals surface area contributed by atoms with Gasteiger partial charge in [-0.25, -0.2) is 0 Å². The third kappa shape index (κ3) is 4.43. The Hall–Kier alpha value is -2.21. The van der Waals surface area contributed by atoms with Gasteiger partial charge in [-0.3, -0.25) is 14.6 Å². The van der Waals surface area contributed by atoms with Crippen LogP contribution in [0, 0.1) is 5.92 Å². The SMILES string of the molecule is O=C(NCc1ccncc1)[C@@H]1CCc2sc(C(=O)N3CCCCCC3)cc2C1. The van der Waals surface area contributed by atoms with Crippen LogP contribution in [0.15, 0.2) is 30.6 Å². The van der Waals surface area contributed by atoms with Crippen molar-refractivity contribution in [2.75, 3.05) is 13.1 Å². The summed E-state index contributed by atoms with van der Waals surface area (Å²) in [7, 11) is 0. The van der Waals surface area contributed by atoms with Crippen LogP contribution in [0.1, 0.15) is 57.8 Å². The fraction of sp³-hybridized carbons (Fsp3) is 0.500. The molecule has 1 fully saturated rings. The Balaban J connectivity index is 1.37. The van der Waals surface area contributed by atoms with Gasteiger partial charge in [-0.1, -0.05) is 12.8 Å². The largest absolute Gasteiger partial charge is 0.352 e. The molecule has 6 heteroatoms. The second-order valence-electron chi connectivity index (χ2n) is 7.78. The molecule has 0 radical (unpaired) electrons. The van der Waals surface area contributed by atoms with E-state index in [2.05, 4.69) is 16.4 Å². The van der Waals surface area contributed by atoms with Crippen LogP contribution in [0.2, 0.25) is 0 Å². The molecule has 1 saturated heterocycles. The maximum absolute atomic E-state index is 12.9. The van der Waals surface area contributed by atoms with Gasteiger partial charge in [0.15, 0.2) is 0 Å². The van der Waals surface area contributed by atoms with Crippen LogP contribution >= 0.6 is 11.3 Å². The van der Waals surface area contributed by atoms with E-state index in [0.29, 0.717) is 6.54 Å². The first-order valence-electron chi connectivity index (χ1n) is 10.3. The summed E-state index contributed by atoms with van der Waals surface area (Å²) < 4.78 is 0. The predicted octanol–water partition coefficient (Wildman–Crippen LogP) is 3.58. The zero-order chi connectivity index (χ0) is 19.3. The monoisotopic (exact) mass is 397 g/mol. The minimum atomic E-state index is -0.00919. The molecule has 2 aromatic heterocycles. The van der Waals surface area contributed by atoms with Crippen LogP contribution < -0.4 is 5.32 Å². The number of hydrogen-bond acceptors (Lipinski definition) is 4. The third-order valence-electron chi connectivity index (χ3n) is 5.77. The average Bonchev–Trinajstić information content (AvgIpc) is 2.97. The molecule has 1 atom stereocenters. The molecule has 2 aliphatic rings. The van der Waals surface area contributed by atoms with Crippen molar-refractivity contribution in [2.24, 2.45) is 5.92 Å². The number of carbonyl (C=O) groups excluding carboxylic acids is 2. The zero-order valence-corrected chi connectivity index (χ0v) is 17.0. The molecule has 1 N–H and O–H groups in total. The van der Waals surface area contributed by atoms with Gasteiger partial charge in [0, 0.05) is 42.8 Å². The van der Waals surface area contributed by atoms with Crippen LogP contribution in [0.3, 0.4) is 0 Å². The van der Waals surface area contributed by atoms with Crippen molar-refractivity contribution in [3.8, 4) is 0 Å². The quantitative estimate of drug-likeness (QED) is 0.858. The number of aromatic nitrogens is 1. The highest BCUT2D eigenvalue weighted by molar-refractivity contribution is 7.14. The lowest BCUT2D eigenvalue weighted by Gasteiger charge is -2.21. The summed E-state index contributed by atoms with van der Waals surface area (Å²) in [5, 5.41) is 3.05. The highest BCUT2D eigenvalue weighted by atomic mass is 32.1. The van der Waals surface area contributed by atoms with Gasteiger partial charge in [0.1, 0.15) is 0 Å². The van der Waals surface area contributed by atoms with Gasteiger partial charge >= 0.3 is 0 Å². The number of hydrogen-bond donors (Lipinski definition) is 1. The number of aryl methyl sites for hydroxylation is 1. The summed E-state index contributed by atoms with van der Waals surface area (Å²) in [5.74, 6) is 0.277. The Morgan fingerprint density at radius 1 is 1.14 bits per heavy atom. The number of nitrogens with zero attached hydrogens (tertiary/aromatic N) is 2. The molecule has 5 nitrogen and oxygen atoms in total. The van der Waals surface area contributed by atoms with Gasteiger partial charge in [-0.05, 0) is 61.4 Å². The van der Waals surface area contributed by atoms with Crippen LogP contribution in [-0.2, 0) is 24.2 Å². The smallest absolute Gasteiger partial charge is 0.263 e. The van der Waals surface area contributed by atoms with E-state index in [0.717, 1.165) is 55.6 Å². The van der Waals surface area contributed by atoms with Crippen LogP contribution in [0.5, 0.6) is 0 Å². The summed E-state index contributed by atoms with van der Waals surface area (Å²) in [6.45, 7) is 2.29. The predicted molar refractivity (Wildman–Crippen MR) is 110 cm³/mol. The second-order valence-corrected chi connectivity index (χ2v) is 8.92. The summed E-state index contributed by atoms with van der Waals surface area (Å²) >= 11 is 1.64. The number of carbonyl (C=O) groups is 2. The van der Waals surface area contributed by atoms with Gasteiger partial charge < -0.3 is 10.2 Å². The Bertz CT molecular complexity index is 826. The summed E-state index contributed by atoms with van der Waals surface area (Å²) in [4.78, 5) is 33.7. The minimum Gasteiger partial charge on any atom is -0.352 e. The molecule has 0 bridgehead atoms. The van der Waals surface area contributed by atoms with Gasteiger partial charge in [0.05, 0.1) is 4.88 Å². The molecule has 3 heterocycles. The molecular formula is C22H27N3O2S. The van der Waals surface area contributed by atoms with Gasteiger partial charge in [-0.15, -0.1) is 11.3 Å². The molecule has 0 spiro atoms. The van der Waals surface area contributed by atoms with Crippen molar-refractivity contribution in [1.29, 1.82) is 0 Å². The molecule has 1 aliphatic carbocycles. The first-order chi connectivity index (χ1) is 13.7.